The molecule has 0 spiro atoms. The smallest absolute Gasteiger partial charge is 0.227 e. The molecule has 0 atom stereocenters. The lowest BCUT2D eigenvalue weighted by Crippen LogP contribution is -2.40. The second kappa shape index (κ2) is 9.22. The summed E-state index contributed by atoms with van der Waals surface area (Å²) in [7, 11) is -3.50. The first-order valence-corrected chi connectivity index (χ1v) is 11.9. The lowest BCUT2D eigenvalue weighted by atomic mass is 9.99. The van der Waals surface area contributed by atoms with Crippen LogP contribution in [0, 0.1) is 17.2 Å². The molecule has 0 saturated carbocycles. The minimum atomic E-state index is -3.50. The van der Waals surface area contributed by atoms with Crippen LogP contribution in [0.3, 0.4) is 0 Å². The molecule has 31 heavy (non-hydrogen) atoms. The lowest BCUT2D eigenvalue weighted by Gasteiger charge is -2.30. The van der Waals surface area contributed by atoms with Crippen LogP contribution in [0.1, 0.15) is 29.7 Å². The predicted molar refractivity (Wildman–Crippen MR) is 114 cm³/mol. The average molecular weight is 444 g/mol. The standard InChI is InChI=1S/C22H25N3O5S/c23-7-10-31(27,28)25-8-5-17(6-9-25)15-30-22-16-29-20(11-21(22)26)14-24-12-18-3-1-2-4-19(18)13-24/h1-4,11,16-17H,5-6,8-10,12-15H2. The number of sulfonamides is 1. The van der Waals surface area contributed by atoms with Crippen LogP contribution in [-0.2, 0) is 29.7 Å². The highest BCUT2D eigenvalue weighted by Gasteiger charge is 2.28. The number of hydrogen-bond acceptors (Lipinski definition) is 7. The highest BCUT2D eigenvalue weighted by molar-refractivity contribution is 7.89. The highest BCUT2D eigenvalue weighted by Crippen LogP contribution is 2.24. The van der Waals surface area contributed by atoms with Crippen molar-refractivity contribution in [1.82, 2.24) is 9.21 Å². The fourth-order valence-electron chi connectivity index (χ4n) is 4.10. The van der Waals surface area contributed by atoms with Crippen LogP contribution < -0.4 is 10.2 Å². The number of nitriles is 1. The lowest BCUT2D eigenvalue weighted by molar-refractivity contribution is 0.180. The quantitative estimate of drug-likeness (QED) is 0.645. The first kappa shape index (κ1) is 21.6. The number of piperidine rings is 1. The van der Waals surface area contributed by atoms with Gasteiger partial charge in [0.2, 0.25) is 21.2 Å². The van der Waals surface area contributed by atoms with E-state index in [0.29, 0.717) is 44.8 Å². The molecule has 8 nitrogen and oxygen atoms in total. The number of ether oxygens (including phenoxy) is 1. The van der Waals surface area contributed by atoms with Crippen molar-refractivity contribution in [1.29, 1.82) is 5.26 Å². The van der Waals surface area contributed by atoms with Gasteiger partial charge >= 0.3 is 0 Å². The third-order valence-corrected chi connectivity index (χ3v) is 7.47. The molecule has 0 bridgehead atoms. The first-order chi connectivity index (χ1) is 14.9. The Hall–Kier alpha value is -2.67. The molecule has 2 aromatic rings. The Kier molecular flexibility index (Phi) is 6.41. The van der Waals surface area contributed by atoms with Crippen LogP contribution in [0.4, 0.5) is 0 Å². The maximum Gasteiger partial charge on any atom is 0.227 e. The van der Waals surface area contributed by atoms with E-state index in [1.165, 1.54) is 27.8 Å². The van der Waals surface area contributed by atoms with Gasteiger partial charge in [0.05, 0.1) is 19.2 Å². The van der Waals surface area contributed by atoms with Crippen molar-refractivity contribution in [2.45, 2.75) is 32.5 Å². The van der Waals surface area contributed by atoms with E-state index in [2.05, 4.69) is 17.0 Å². The zero-order chi connectivity index (χ0) is 21.8. The third-order valence-electron chi connectivity index (χ3n) is 5.83. The van der Waals surface area contributed by atoms with Gasteiger partial charge in [0.1, 0.15) is 12.0 Å². The molecule has 0 amide bonds. The first-order valence-electron chi connectivity index (χ1n) is 10.3. The molecule has 1 saturated heterocycles. The normalized spacial score (nSPS) is 17.9. The van der Waals surface area contributed by atoms with Crippen LogP contribution in [0.5, 0.6) is 5.75 Å². The third kappa shape index (κ3) is 5.15. The molecule has 2 aliphatic rings. The molecule has 0 aliphatic carbocycles. The molecular formula is C22H25N3O5S. The van der Waals surface area contributed by atoms with E-state index in [4.69, 9.17) is 14.4 Å². The van der Waals surface area contributed by atoms with E-state index in [9.17, 15) is 13.2 Å². The van der Waals surface area contributed by atoms with Gasteiger partial charge in [-0.1, -0.05) is 24.3 Å². The molecule has 1 fully saturated rings. The molecule has 1 aromatic heterocycles. The van der Waals surface area contributed by atoms with Crippen molar-refractivity contribution < 1.29 is 17.6 Å². The van der Waals surface area contributed by atoms with E-state index in [-0.39, 0.29) is 17.1 Å². The minimum Gasteiger partial charge on any atom is -0.486 e. The van der Waals surface area contributed by atoms with Gasteiger partial charge in [0.25, 0.3) is 0 Å². The molecule has 9 heteroatoms. The number of hydrogen-bond donors (Lipinski definition) is 0. The zero-order valence-electron chi connectivity index (χ0n) is 17.2. The van der Waals surface area contributed by atoms with E-state index in [0.717, 1.165) is 13.1 Å². The molecule has 0 N–H and O–H groups in total. The van der Waals surface area contributed by atoms with Gasteiger partial charge in [-0.2, -0.15) is 5.26 Å². The topological polar surface area (TPSA) is 104 Å². The van der Waals surface area contributed by atoms with Crippen molar-refractivity contribution in [3.63, 3.8) is 0 Å². The summed E-state index contributed by atoms with van der Waals surface area (Å²) in [5.41, 5.74) is 2.39. The summed E-state index contributed by atoms with van der Waals surface area (Å²) >= 11 is 0. The van der Waals surface area contributed by atoms with Crippen molar-refractivity contribution in [2.24, 2.45) is 5.92 Å². The van der Waals surface area contributed by atoms with Crippen LogP contribution in [-0.4, -0.2) is 43.1 Å². The number of rotatable bonds is 7. The maximum atomic E-state index is 12.4. The van der Waals surface area contributed by atoms with Gasteiger partial charge in [-0.3, -0.25) is 9.69 Å². The maximum absolute atomic E-state index is 12.4. The van der Waals surface area contributed by atoms with Gasteiger partial charge in [-0.15, -0.1) is 0 Å². The molecule has 3 heterocycles. The summed E-state index contributed by atoms with van der Waals surface area (Å²) in [6, 6.07) is 11.5. The average Bonchev–Trinajstić information content (AvgIpc) is 3.16. The second-order valence-corrected chi connectivity index (χ2v) is 10.0. The Morgan fingerprint density at radius 3 is 2.45 bits per heavy atom. The summed E-state index contributed by atoms with van der Waals surface area (Å²) in [5, 5.41) is 8.64. The van der Waals surface area contributed by atoms with Crippen molar-refractivity contribution in [3.05, 3.63) is 63.7 Å². The van der Waals surface area contributed by atoms with Crippen LogP contribution in [0.25, 0.3) is 0 Å². The van der Waals surface area contributed by atoms with Gasteiger partial charge in [0, 0.05) is 32.2 Å². The number of fused-ring (bicyclic) bond motifs is 1. The Labute approximate surface area is 181 Å². The van der Waals surface area contributed by atoms with E-state index in [1.54, 1.807) is 6.07 Å². The fourth-order valence-corrected chi connectivity index (χ4v) is 5.21. The largest absolute Gasteiger partial charge is 0.486 e. The monoisotopic (exact) mass is 443 g/mol. The Morgan fingerprint density at radius 2 is 1.84 bits per heavy atom. The molecule has 1 aromatic carbocycles. The second-order valence-electron chi connectivity index (χ2n) is 8.06. The Bertz CT molecular complexity index is 1110. The molecular weight excluding hydrogens is 418 g/mol. The van der Waals surface area contributed by atoms with Crippen molar-refractivity contribution >= 4 is 10.0 Å². The van der Waals surface area contributed by atoms with Crippen LogP contribution in [0.15, 0.2) is 45.8 Å². The molecule has 164 valence electrons. The molecule has 2 aliphatic heterocycles. The van der Waals surface area contributed by atoms with Gasteiger partial charge < -0.3 is 9.15 Å². The fraction of sp³-hybridized carbons (Fsp3) is 0.455. The predicted octanol–water partition coefficient (Wildman–Crippen LogP) is 2.10. The van der Waals surface area contributed by atoms with Crippen molar-refractivity contribution in [2.75, 3.05) is 25.4 Å². The summed E-state index contributed by atoms with van der Waals surface area (Å²) in [4.78, 5) is 14.7. The highest BCUT2D eigenvalue weighted by atomic mass is 32.2. The van der Waals surface area contributed by atoms with Gasteiger partial charge in [0.15, 0.2) is 5.75 Å². The molecule has 0 unspecified atom stereocenters. The number of nitrogens with zero attached hydrogens (tertiary/aromatic N) is 3. The zero-order valence-corrected chi connectivity index (χ0v) is 18.0. The minimum absolute atomic E-state index is 0.149. The number of benzene rings is 1. The van der Waals surface area contributed by atoms with E-state index >= 15 is 0 Å². The van der Waals surface area contributed by atoms with Crippen LogP contribution >= 0.6 is 0 Å². The van der Waals surface area contributed by atoms with Gasteiger partial charge in [-0.05, 0) is 29.9 Å². The van der Waals surface area contributed by atoms with Crippen LogP contribution in [0.2, 0.25) is 0 Å². The summed E-state index contributed by atoms with van der Waals surface area (Å²) in [5.74, 6) is 0.426. The molecule has 4 rings (SSSR count). The summed E-state index contributed by atoms with van der Waals surface area (Å²) in [6.07, 6.45) is 2.63. The molecule has 0 radical (unpaired) electrons. The van der Waals surface area contributed by atoms with Crippen molar-refractivity contribution in [3.8, 4) is 11.8 Å². The van der Waals surface area contributed by atoms with E-state index < -0.39 is 15.8 Å². The van der Waals surface area contributed by atoms with Gasteiger partial charge in [-0.25, -0.2) is 12.7 Å². The summed E-state index contributed by atoms with van der Waals surface area (Å²) in [6.45, 7) is 3.28. The Balaban J connectivity index is 1.27. The SMILES string of the molecule is N#CCS(=O)(=O)N1CCC(COc2coc(CN3Cc4ccccc4C3)cc2=O)CC1. The summed E-state index contributed by atoms with van der Waals surface area (Å²) < 4.78 is 36.6. The Morgan fingerprint density at radius 1 is 1.16 bits per heavy atom. The van der Waals surface area contributed by atoms with E-state index in [1.807, 2.05) is 12.1 Å².